The van der Waals surface area contributed by atoms with Crippen LogP contribution in [0.2, 0.25) is 0 Å². The maximum absolute atomic E-state index is 13.6. The Morgan fingerprint density at radius 2 is 1.81 bits per heavy atom. The van der Waals surface area contributed by atoms with Crippen molar-refractivity contribution < 1.29 is 14.3 Å². The number of carbonyl (C=O) groups is 1. The highest BCUT2D eigenvalue weighted by atomic mass is 19.1. The van der Waals surface area contributed by atoms with Crippen molar-refractivity contribution in [2.75, 3.05) is 6.61 Å². The summed E-state index contributed by atoms with van der Waals surface area (Å²) >= 11 is 0. The lowest BCUT2D eigenvalue weighted by Crippen LogP contribution is -2.41. The first-order valence-corrected chi connectivity index (χ1v) is 7.29. The monoisotopic (exact) mass is 296 g/mol. The zero-order valence-corrected chi connectivity index (χ0v) is 13.2. The average Bonchev–Trinajstić information content (AvgIpc) is 2.41. The van der Waals surface area contributed by atoms with Crippen molar-refractivity contribution in [2.45, 2.75) is 52.6 Å². The van der Waals surface area contributed by atoms with Gasteiger partial charge in [-0.05, 0) is 57.2 Å². The minimum atomic E-state index is -0.257. The topological polar surface area (TPSA) is 61.4 Å². The van der Waals surface area contributed by atoms with Crippen LogP contribution >= 0.6 is 0 Å². The van der Waals surface area contributed by atoms with E-state index in [1.807, 2.05) is 13.8 Å². The van der Waals surface area contributed by atoms with Crippen molar-refractivity contribution in [3.8, 4) is 0 Å². The van der Waals surface area contributed by atoms with Crippen LogP contribution in [-0.2, 0) is 0 Å². The molecule has 4 nitrogen and oxygen atoms in total. The number of halogens is 1. The van der Waals surface area contributed by atoms with Crippen LogP contribution in [0, 0.1) is 19.7 Å². The Hall–Kier alpha value is -1.62. The Morgan fingerprint density at radius 1 is 1.24 bits per heavy atom. The molecular weight excluding hydrogens is 271 g/mol. The second-order valence-corrected chi connectivity index (χ2v) is 5.58. The Kier molecular flexibility index (Phi) is 6.62. The number of aliphatic hydroxyl groups excluding tert-OH is 1. The fraction of sp³-hybridized carbons (Fsp3) is 0.562. The number of carbonyl (C=O) groups excluding carboxylic acids is 1. The van der Waals surface area contributed by atoms with E-state index in [-0.39, 0.29) is 30.5 Å². The van der Waals surface area contributed by atoms with Crippen molar-refractivity contribution in [3.05, 3.63) is 34.6 Å². The molecule has 3 N–H and O–H groups in total. The van der Waals surface area contributed by atoms with E-state index in [1.165, 1.54) is 0 Å². The normalized spacial score (nSPS) is 13.6. The third-order valence-corrected chi connectivity index (χ3v) is 3.48. The van der Waals surface area contributed by atoms with Crippen molar-refractivity contribution in [2.24, 2.45) is 0 Å². The van der Waals surface area contributed by atoms with Crippen molar-refractivity contribution in [1.29, 1.82) is 0 Å². The van der Waals surface area contributed by atoms with Gasteiger partial charge in [0.1, 0.15) is 5.82 Å². The van der Waals surface area contributed by atoms with Gasteiger partial charge in [-0.3, -0.25) is 0 Å². The Balaban J connectivity index is 2.60. The number of aliphatic hydroxyl groups is 1. The number of urea groups is 1. The van der Waals surface area contributed by atoms with E-state index < -0.39 is 0 Å². The van der Waals surface area contributed by atoms with Gasteiger partial charge in [0, 0.05) is 12.6 Å². The Bertz CT molecular complexity index is 468. The fourth-order valence-corrected chi connectivity index (χ4v) is 2.24. The summed E-state index contributed by atoms with van der Waals surface area (Å²) < 4.78 is 13.6. The SMILES string of the molecule is Cc1cc(C(C)NC(=O)NC(C)CCCO)cc(C)c1F. The van der Waals surface area contributed by atoms with Gasteiger partial charge in [0.25, 0.3) is 0 Å². The van der Waals surface area contributed by atoms with Crippen LogP contribution in [0.15, 0.2) is 12.1 Å². The largest absolute Gasteiger partial charge is 0.396 e. The lowest BCUT2D eigenvalue weighted by molar-refractivity contribution is 0.231. The molecule has 0 bridgehead atoms. The van der Waals surface area contributed by atoms with Crippen LogP contribution in [0.5, 0.6) is 0 Å². The summed E-state index contributed by atoms with van der Waals surface area (Å²) in [4.78, 5) is 11.9. The third-order valence-electron chi connectivity index (χ3n) is 3.48. The molecule has 0 heterocycles. The molecule has 1 aromatic carbocycles. The third kappa shape index (κ3) is 5.34. The molecular formula is C16H25FN2O2. The van der Waals surface area contributed by atoms with E-state index in [2.05, 4.69) is 10.6 Å². The highest BCUT2D eigenvalue weighted by Gasteiger charge is 2.13. The van der Waals surface area contributed by atoms with Crippen molar-refractivity contribution in [1.82, 2.24) is 10.6 Å². The molecule has 0 aliphatic heterocycles. The summed E-state index contributed by atoms with van der Waals surface area (Å²) in [6.07, 6.45) is 1.39. The molecule has 2 atom stereocenters. The van der Waals surface area contributed by atoms with E-state index >= 15 is 0 Å². The lowest BCUT2D eigenvalue weighted by atomic mass is 10.0. The van der Waals surface area contributed by atoms with Crippen LogP contribution in [0.1, 0.15) is 49.4 Å². The van der Waals surface area contributed by atoms with E-state index in [0.717, 1.165) is 12.0 Å². The van der Waals surface area contributed by atoms with Gasteiger partial charge < -0.3 is 15.7 Å². The molecule has 118 valence electrons. The number of aryl methyl sites for hydroxylation is 2. The molecule has 21 heavy (non-hydrogen) atoms. The van der Waals surface area contributed by atoms with E-state index in [4.69, 9.17) is 5.11 Å². The summed E-state index contributed by atoms with van der Waals surface area (Å²) in [6.45, 7) is 7.32. The van der Waals surface area contributed by atoms with Crippen LogP contribution in [0.3, 0.4) is 0 Å². The number of amides is 2. The predicted molar refractivity (Wildman–Crippen MR) is 81.7 cm³/mol. The van der Waals surface area contributed by atoms with E-state index in [9.17, 15) is 9.18 Å². The molecule has 0 radical (unpaired) electrons. The first kappa shape index (κ1) is 17.4. The molecule has 1 rings (SSSR count). The summed E-state index contributed by atoms with van der Waals surface area (Å²) in [5.74, 6) is -0.201. The number of hydrogen-bond acceptors (Lipinski definition) is 2. The van der Waals surface area contributed by atoms with Gasteiger partial charge in [-0.2, -0.15) is 0 Å². The zero-order chi connectivity index (χ0) is 16.0. The standard InChI is InChI=1S/C16H25FN2O2/c1-10-8-14(9-11(2)15(10)17)13(4)19-16(21)18-12(3)6-5-7-20/h8-9,12-13,20H,5-7H2,1-4H3,(H2,18,19,21). The molecule has 0 saturated heterocycles. The zero-order valence-electron chi connectivity index (χ0n) is 13.2. The minimum Gasteiger partial charge on any atom is -0.396 e. The molecule has 0 saturated carbocycles. The molecule has 0 spiro atoms. The van der Waals surface area contributed by atoms with Crippen molar-refractivity contribution in [3.63, 3.8) is 0 Å². The second kappa shape index (κ2) is 7.98. The smallest absolute Gasteiger partial charge is 0.315 e. The molecule has 1 aromatic rings. The number of rotatable bonds is 6. The fourth-order valence-electron chi connectivity index (χ4n) is 2.24. The molecule has 2 unspecified atom stereocenters. The summed E-state index contributed by atoms with van der Waals surface area (Å²) in [5, 5.41) is 14.4. The van der Waals surface area contributed by atoms with Gasteiger partial charge in [-0.25, -0.2) is 9.18 Å². The van der Waals surface area contributed by atoms with Gasteiger partial charge in [0.2, 0.25) is 0 Å². The van der Waals surface area contributed by atoms with Crippen LogP contribution < -0.4 is 10.6 Å². The summed E-state index contributed by atoms with van der Waals surface area (Å²) in [6, 6.07) is 3.05. The van der Waals surface area contributed by atoms with Gasteiger partial charge in [0.15, 0.2) is 0 Å². The first-order valence-electron chi connectivity index (χ1n) is 7.29. The first-order chi connectivity index (χ1) is 9.85. The van der Waals surface area contributed by atoms with Crippen LogP contribution in [0.25, 0.3) is 0 Å². The van der Waals surface area contributed by atoms with Crippen LogP contribution in [-0.4, -0.2) is 23.8 Å². The molecule has 0 fully saturated rings. The number of hydrogen-bond donors (Lipinski definition) is 3. The lowest BCUT2D eigenvalue weighted by Gasteiger charge is -2.19. The maximum Gasteiger partial charge on any atom is 0.315 e. The molecule has 0 aliphatic carbocycles. The molecule has 0 aliphatic rings. The molecule has 0 aromatic heterocycles. The van der Waals surface area contributed by atoms with Gasteiger partial charge in [0.05, 0.1) is 6.04 Å². The summed E-state index contributed by atoms with van der Waals surface area (Å²) in [7, 11) is 0. The van der Waals surface area contributed by atoms with Crippen molar-refractivity contribution >= 4 is 6.03 Å². The number of benzene rings is 1. The van der Waals surface area contributed by atoms with Crippen LogP contribution in [0.4, 0.5) is 9.18 Å². The Morgan fingerprint density at radius 3 is 2.33 bits per heavy atom. The van der Waals surface area contributed by atoms with Gasteiger partial charge in [-0.15, -0.1) is 0 Å². The highest BCUT2D eigenvalue weighted by Crippen LogP contribution is 2.19. The van der Waals surface area contributed by atoms with Gasteiger partial charge in [-0.1, -0.05) is 12.1 Å². The van der Waals surface area contributed by atoms with E-state index in [0.29, 0.717) is 17.5 Å². The average molecular weight is 296 g/mol. The molecule has 5 heteroatoms. The number of nitrogens with one attached hydrogen (secondary N) is 2. The maximum atomic E-state index is 13.6. The minimum absolute atomic E-state index is 0.000963. The summed E-state index contributed by atoms with van der Waals surface area (Å²) in [5.41, 5.74) is 2.04. The Labute approximate surface area is 125 Å². The highest BCUT2D eigenvalue weighted by molar-refractivity contribution is 5.74. The quantitative estimate of drug-likeness (QED) is 0.756. The van der Waals surface area contributed by atoms with E-state index in [1.54, 1.807) is 26.0 Å². The second-order valence-electron chi connectivity index (χ2n) is 5.58. The molecule has 2 amide bonds. The van der Waals surface area contributed by atoms with Gasteiger partial charge >= 0.3 is 6.03 Å². The predicted octanol–water partition coefficient (Wildman–Crippen LogP) is 2.96.